The van der Waals surface area contributed by atoms with E-state index in [1.807, 2.05) is 6.07 Å². The molecule has 2 aromatic carbocycles. The van der Waals surface area contributed by atoms with Gasteiger partial charge in [-0.25, -0.2) is 14.1 Å². The number of aromatic hydroxyl groups is 1. The number of pyridine rings is 1. The predicted octanol–water partition coefficient (Wildman–Crippen LogP) is 2.84. The van der Waals surface area contributed by atoms with E-state index < -0.39 is 11.6 Å². The number of rotatable bonds is 6. The number of phenolic OH excluding ortho intramolecular Hbond substituents is 1. The molecular formula is C19H13FN4O4. The minimum atomic E-state index is -0.741. The molecular weight excluding hydrogens is 367 g/mol. The lowest BCUT2D eigenvalue weighted by atomic mass is 10.2. The summed E-state index contributed by atoms with van der Waals surface area (Å²) >= 11 is 0. The summed E-state index contributed by atoms with van der Waals surface area (Å²) in [6.07, 6.45) is 1.62. The number of phenols is 1. The molecule has 0 radical (unpaired) electrons. The molecule has 0 spiro atoms. The summed E-state index contributed by atoms with van der Waals surface area (Å²) in [4.78, 5) is 14.7. The zero-order valence-corrected chi connectivity index (χ0v) is 14.3. The topological polar surface area (TPSA) is 99.4 Å². The second-order valence-corrected chi connectivity index (χ2v) is 5.76. The van der Waals surface area contributed by atoms with Crippen LogP contribution in [-0.4, -0.2) is 38.3 Å². The van der Waals surface area contributed by atoms with E-state index in [0.717, 1.165) is 11.5 Å². The summed E-state index contributed by atoms with van der Waals surface area (Å²) in [7, 11) is 0. The number of fused-ring (bicyclic) bond motifs is 1. The first-order chi connectivity index (χ1) is 13.6. The lowest BCUT2D eigenvalue weighted by Gasteiger charge is -2.06. The fraction of sp³-hybridized carbons (Fsp3) is 0.0526. The molecule has 0 aliphatic heterocycles. The van der Waals surface area contributed by atoms with Crippen molar-refractivity contribution in [3.8, 4) is 28.6 Å². The Morgan fingerprint density at radius 3 is 2.82 bits per heavy atom. The van der Waals surface area contributed by atoms with E-state index >= 15 is 0 Å². The lowest BCUT2D eigenvalue weighted by molar-refractivity contribution is -0.134. The van der Waals surface area contributed by atoms with Gasteiger partial charge in [-0.1, -0.05) is 11.3 Å². The molecule has 0 aliphatic carbocycles. The van der Waals surface area contributed by atoms with Crippen LogP contribution in [0.4, 0.5) is 4.39 Å². The van der Waals surface area contributed by atoms with Crippen LogP contribution in [0.15, 0.2) is 54.7 Å². The molecule has 0 aliphatic rings. The van der Waals surface area contributed by atoms with Gasteiger partial charge in [0, 0.05) is 11.5 Å². The normalized spacial score (nSPS) is 10.8. The molecule has 9 heteroatoms. The maximum absolute atomic E-state index is 13.5. The maximum atomic E-state index is 13.5. The predicted molar refractivity (Wildman–Crippen MR) is 96.4 cm³/mol. The average molecular weight is 380 g/mol. The van der Waals surface area contributed by atoms with E-state index in [1.165, 1.54) is 16.8 Å². The fourth-order valence-corrected chi connectivity index (χ4v) is 2.61. The van der Waals surface area contributed by atoms with E-state index in [-0.39, 0.29) is 6.79 Å². The summed E-state index contributed by atoms with van der Waals surface area (Å²) < 4.78 is 24.7. The number of halogens is 1. The Balaban J connectivity index is 1.60. The molecule has 2 heterocycles. The number of hydrogen-bond donors (Lipinski definition) is 1. The van der Waals surface area contributed by atoms with Crippen molar-refractivity contribution in [1.82, 2.24) is 20.0 Å². The number of ether oxygens (including phenoxy) is 2. The Kier molecular flexibility index (Phi) is 4.55. The molecule has 0 unspecified atom stereocenters. The van der Waals surface area contributed by atoms with Crippen LogP contribution in [-0.2, 0) is 9.53 Å². The molecule has 2 aromatic heterocycles. The molecule has 1 N–H and O–H groups in total. The van der Waals surface area contributed by atoms with Gasteiger partial charge < -0.3 is 14.6 Å². The third kappa shape index (κ3) is 3.45. The molecule has 4 rings (SSSR count). The van der Waals surface area contributed by atoms with Gasteiger partial charge in [-0.3, -0.25) is 4.79 Å². The van der Waals surface area contributed by atoms with Crippen molar-refractivity contribution in [1.29, 1.82) is 0 Å². The first kappa shape index (κ1) is 17.4. The summed E-state index contributed by atoms with van der Waals surface area (Å²) in [5.74, 6) is -0.625. The Labute approximate surface area is 157 Å². The van der Waals surface area contributed by atoms with Gasteiger partial charge in [-0.15, -0.1) is 5.10 Å². The van der Waals surface area contributed by atoms with Gasteiger partial charge in [-0.05, 0) is 36.4 Å². The van der Waals surface area contributed by atoms with Crippen molar-refractivity contribution in [2.75, 3.05) is 6.79 Å². The highest BCUT2D eigenvalue weighted by molar-refractivity contribution is 5.82. The molecule has 0 amide bonds. The van der Waals surface area contributed by atoms with Crippen LogP contribution in [0.2, 0.25) is 0 Å². The maximum Gasteiger partial charge on any atom is 0.295 e. The van der Waals surface area contributed by atoms with Crippen LogP contribution in [0.25, 0.3) is 28.0 Å². The average Bonchev–Trinajstić information content (AvgIpc) is 3.20. The molecule has 0 fully saturated rings. The SMILES string of the molecule is O=COCOc1ccc2nc(-c3cn(-c4ccc(O)c(F)c4)nn3)ccc2c1. The number of aromatic nitrogens is 4. The molecule has 8 nitrogen and oxygen atoms in total. The third-order valence-electron chi connectivity index (χ3n) is 3.97. The van der Waals surface area contributed by atoms with Crippen molar-refractivity contribution in [3.05, 3.63) is 60.5 Å². The van der Waals surface area contributed by atoms with Crippen molar-refractivity contribution < 1.29 is 23.8 Å². The second-order valence-electron chi connectivity index (χ2n) is 5.76. The molecule has 0 saturated heterocycles. The summed E-state index contributed by atoms with van der Waals surface area (Å²) in [5, 5.41) is 18.2. The van der Waals surface area contributed by atoms with Crippen molar-refractivity contribution in [2.24, 2.45) is 0 Å². The van der Waals surface area contributed by atoms with E-state index in [4.69, 9.17) is 4.74 Å². The van der Waals surface area contributed by atoms with E-state index in [9.17, 15) is 14.3 Å². The van der Waals surface area contributed by atoms with E-state index in [2.05, 4.69) is 20.0 Å². The third-order valence-corrected chi connectivity index (χ3v) is 3.97. The molecule has 0 atom stereocenters. The minimum Gasteiger partial charge on any atom is -0.505 e. The highest BCUT2D eigenvalue weighted by atomic mass is 19.1. The summed E-state index contributed by atoms with van der Waals surface area (Å²) in [5.41, 5.74) is 2.24. The van der Waals surface area contributed by atoms with Crippen LogP contribution in [0.3, 0.4) is 0 Å². The van der Waals surface area contributed by atoms with Crippen LogP contribution in [0, 0.1) is 5.82 Å². The second kappa shape index (κ2) is 7.31. The fourth-order valence-electron chi connectivity index (χ4n) is 2.61. The van der Waals surface area contributed by atoms with Crippen molar-refractivity contribution in [2.45, 2.75) is 0 Å². The van der Waals surface area contributed by atoms with Crippen LogP contribution < -0.4 is 4.74 Å². The van der Waals surface area contributed by atoms with Gasteiger partial charge in [0.2, 0.25) is 6.79 Å². The van der Waals surface area contributed by atoms with Crippen LogP contribution in [0.1, 0.15) is 0 Å². The van der Waals surface area contributed by atoms with Gasteiger partial charge in [0.15, 0.2) is 11.6 Å². The molecule has 0 saturated carbocycles. The Hall–Kier alpha value is -4.01. The van der Waals surface area contributed by atoms with Gasteiger partial charge >= 0.3 is 0 Å². The minimum absolute atomic E-state index is 0.165. The standard InChI is InChI=1S/C19H13FN4O4/c20-15-8-13(2-6-19(15)26)24-9-18(22-23-24)17-4-1-12-7-14(28-11-27-10-25)3-5-16(12)21-17/h1-10,26H,11H2. The Bertz CT molecular complexity index is 1160. The molecule has 28 heavy (non-hydrogen) atoms. The number of nitrogens with zero attached hydrogens (tertiary/aromatic N) is 4. The van der Waals surface area contributed by atoms with Crippen LogP contribution in [0.5, 0.6) is 11.5 Å². The number of carbonyl (C=O) groups is 1. The quantitative estimate of drug-likeness (QED) is 0.312. The first-order valence-electron chi connectivity index (χ1n) is 8.14. The molecule has 140 valence electrons. The lowest BCUT2D eigenvalue weighted by Crippen LogP contribution is -2.00. The van der Waals surface area contributed by atoms with E-state index in [0.29, 0.717) is 34.8 Å². The molecule has 4 aromatic rings. The number of carbonyl (C=O) groups excluding carboxylic acids is 1. The highest BCUT2D eigenvalue weighted by Crippen LogP contribution is 2.24. The van der Waals surface area contributed by atoms with Crippen molar-refractivity contribution >= 4 is 17.4 Å². The van der Waals surface area contributed by atoms with Gasteiger partial charge in [0.05, 0.1) is 23.1 Å². The van der Waals surface area contributed by atoms with Crippen LogP contribution >= 0.6 is 0 Å². The summed E-state index contributed by atoms with van der Waals surface area (Å²) in [6, 6.07) is 12.8. The monoisotopic (exact) mass is 380 g/mol. The van der Waals surface area contributed by atoms with Gasteiger partial charge in [0.1, 0.15) is 11.4 Å². The number of benzene rings is 2. The van der Waals surface area contributed by atoms with Crippen molar-refractivity contribution in [3.63, 3.8) is 0 Å². The molecule has 0 bridgehead atoms. The highest BCUT2D eigenvalue weighted by Gasteiger charge is 2.10. The summed E-state index contributed by atoms with van der Waals surface area (Å²) in [6.45, 7) is 0.149. The van der Waals surface area contributed by atoms with E-state index in [1.54, 1.807) is 30.5 Å². The zero-order chi connectivity index (χ0) is 19.5. The number of hydrogen-bond acceptors (Lipinski definition) is 7. The van der Waals surface area contributed by atoms with Gasteiger partial charge in [0.25, 0.3) is 6.47 Å². The Morgan fingerprint density at radius 2 is 2.00 bits per heavy atom. The Morgan fingerprint density at radius 1 is 1.11 bits per heavy atom. The largest absolute Gasteiger partial charge is 0.505 e. The smallest absolute Gasteiger partial charge is 0.295 e. The van der Waals surface area contributed by atoms with Gasteiger partial charge in [-0.2, -0.15) is 0 Å². The zero-order valence-electron chi connectivity index (χ0n) is 14.3. The first-order valence-corrected chi connectivity index (χ1v) is 8.14.